The Kier molecular flexibility index (Phi) is 6.60. The van der Waals surface area contributed by atoms with Crippen LogP contribution in [0, 0.1) is 5.41 Å². The number of hydrogen-bond donors (Lipinski definition) is 2. The highest BCUT2D eigenvalue weighted by Crippen LogP contribution is 2.42. The average molecular weight is 419 g/mol. The summed E-state index contributed by atoms with van der Waals surface area (Å²) >= 11 is 0. The molecular formula is C21H29N3O6. The molecule has 2 fully saturated rings. The van der Waals surface area contributed by atoms with E-state index in [1.54, 1.807) is 12.0 Å². The van der Waals surface area contributed by atoms with Crippen molar-refractivity contribution in [2.24, 2.45) is 5.41 Å². The van der Waals surface area contributed by atoms with Crippen molar-refractivity contribution < 1.29 is 29.3 Å². The predicted octanol–water partition coefficient (Wildman–Crippen LogP) is 1.29. The van der Waals surface area contributed by atoms with Crippen molar-refractivity contribution in [2.75, 3.05) is 33.8 Å². The zero-order chi connectivity index (χ0) is 21.9. The van der Waals surface area contributed by atoms with Crippen LogP contribution in [0.5, 0.6) is 5.88 Å². The second kappa shape index (κ2) is 8.99. The van der Waals surface area contributed by atoms with Gasteiger partial charge in [0.25, 0.3) is 12.4 Å². The minimum absolute atomic E-state index is 0.105. The molecule has 1 aliphatic carbocycles. The number of carboxylic acid groups (broad SMARTS) is 2. The van der Waals surface area contributed by atoms with E-state index in [1.807, 2.05) is 13.1 Å². The molecule has 0 aromatic carbocycles. The van der Waals surface area contributed by atoms with E-state index in [2.05, 4.69) is 9.88 Å². The van der Waals surface area contributed by atoms with Crippen LogP contribution >= 0.6 is 0 Å². The van der Waals surface area contributed by atoms with E-state index in [9.17, 15) is 14.7 Å². The minimum atomic E-state index is -0.746. The summed E-state index contributed by atoms with van der Waals surface area (Å²) in [6, 6.07) is 1.77. The molecule has 9 heteroatoms. The molecule has 1 aromatic heterocycles. The first-order valence-corrected chi connectivity index (χ1v) is 10.3. The third kappa shape index (κ3) is 3.86. The number of likely N-dealkylation sites (N-methyl/N-ethyl adjacent to an activating group) is 1. The number of aromatic nitrogens is 1. The lowest BCUT2D eigenvalue weighted by atomic mass is 9.68. The zero-order valence-corrected chi connectivity index (χ0v) is 17.5. The Morgan fingerprint density at radius 3 is 2.67 bits per heavy atom. The monoisotopic (exact) mass is 419 g/mol. The van der Waals surface area contributed by atoms with Crippen LogP contribution in [0.1, 0.15) is 47.3 Å². The van der Waals surface area contributed by atoms with Gasteiger partial charge < -0.3 is 24.7 Å². The van der Waals surface area contributed by atoms with Gasteiger partial charge in [0.05, 0.1) is 12.5 Å². The molecule has 9 nitrogen and oxygen atoms in total. The molecule has 0 spiro atoms. The van der Waals surface area contributed by atoms with Gasteiger partial charge in [0.2, 0.25) is 5.88 Å². The lowest BCUT2D eigenvalue weighted by Crippen LogP contribution is -2.63. The molecule has 4 rings (SSSR count). The lowest BCUT2D eigenvalue weighted by Gasteiger charge is -2.51. The molecule has 2 saturated heterocycles. The SMILES string of the molecule is COc1nc2c(cc1C(=O)N1CC[C@@]3(C(=O)O)CCCN(C)[C@@H]3C1)CCC2.O=CO. The Hall–Kier alpha value is -2.68. The fourth-order valence-corrected chi connectivity index (χ4v) is 5.10. The number of rotatable bonds is 3. The van der Waals surface area contributed by atoms with Crippen LogP contribution in [0.4, 0.5) is 0 Å². The fraction of sp³-hybridized carbons (Fsp3) is 0.619. The molecule has 30 heavy (non-hydrogen) atoms. The second-order valence-electron chi connectivity index (χ2n) is 8.17. The standard InChI is InChI=1S/C20H27N3O4.CH2O2/c1-22-9-4-7-20(19(25)26)8-10-23(12-16(20)22)18(24)14-11-13-5-3-6-15(13)21-17(14)27-2;2-1-3/h11,16H,3-10,12H2,1-2H3,(H,25,26);1H,(H,2,3)/t16-,20+;/m1./s1. The van der Waals surface area contributed by atoms with Crippen molar-refractivity contribution >= 4 is 18.3 Å². The number of amides is 1. The Labute approximate surface area is 175 Å². The number of hydrogen-bond acceptors (Lipinski definition) is 6. The molecule has 164 valence electrons. The first kappa shape index (κ1) is 22.0. The normalized spacial score (nSPS) is 25.4. The average Bonchev–Trinajstić information content (AvgIpc) is 3.20. The summed E-state index contributed by atoms with van der Waals surface area (Å²) in [5.74, 6) is -0.456. The number of likely N-dealkylation sites (tertiary alicyclic amines) is 2. The molecular weight excluding hydrogens is 390 g/mol. The van der Waals surface area contributed by atoms with Crippen molar-refractivity contribution in [3.63, 3.8) is 0 Å². The molecule has 2 N–H and O–H groups in total. The van der Waals surface area contributed by atoms with Gasteiger partial charge in [0.15, 0.2) is 0 Å². The van der Waals surface area contributed by atoms with Crippen LogP contribution in [0.25, 0.3) is 0 Å². The van der Waals surface area contributed by atoms with Gasteiger partial charge in [-0.1, -0.05) is 0 Å². The van der Waals surface area contributed by atoms with Gasteiger partial charge in [0.1, 0.15) is 5.56 Å². The van der Waals surface area contributed by atoms with Gasteiger partial charge >= 0.3 is 5.97 Å². The smallest absolute Gasteiger partial charge is 0.311 e. The van der Waals surface area contributed by atoms with E-state index in [4.69, 9.17) is 14.6 Å². The van der Waals surface area contributed by atoms with Crippen molar-refractivity contribution in [1.29, 1.82) is 0 Å². The summed E-state index contributed by atoms with van der Waals surface area (Å²) in [7, 11) is 3.51. The van der Waals surface area contributed by atoms with Crippen LogP contribution in [-0.4, -0.2) is 83.2 Å². The summed E-state index contributed by atoms with van der Waals surface area (Å²) in [5.41, 5.74) is 1.91. The lowest BCUT2D eigenvalue weighted by molar-refractivity contribution is -0.161. The fourth-order valence-electron chi connectivity index (χ4n) is 5.10. The number of aliphatic carboxylic acids is 1. The molecule has 2 aliphatic heterocycles. The quantitative estimate of drug-likeness (QED) is 0.703. The maximum absolute atomic E-state index is 13.3. The van der Waals surface area contributed by atoms with Gasteiger partial charge in [-0.25, -0.2) is 4.98 Å². The third-order valence-corrected chi connectivity index (χ3v) is 6.68. The summed E-state index contributed by atoms with van der Waals surface area (Å²) < 4.78 is 5.41. The van der Waals surface area contributed by atoms with Crippen LogP contribution in [0.2, 0.25) is 0 Å². The molecule has 0 radical (unpaired) electrons. The van der Waals surface area contributed by atoms with Gasteiger partial charge in [0, 0.05) is 24.8 Å². The minimum Gasteiger partial charge on any atom is -0.483 e. The van der Waals surface area contributed by atoms with E-state index in [0.717, 1.165) is 43.5 Å². The molecule has 0 bridgehead atoms. The van der Waals surface area contributed by atoms with Crippen LogP contribution in [0.3, 0.4) is 0 Å². The Morgan fingerprint density at radius 2 is 2.00 bits per heavy atom. The predicted molar refractivity (Wildman–Crippen MR) is 108 cm³/mol. The number of nitrogens with zero attached hydrogens (tertiary/aromatic N) is 3. The van der Waals surface area contributed by atoms with Crippen molar-refractivity contribution in [2.45, 2.75) is 44.6 Å². The number of aryl methyl sites for hydroxylation is 2. The number of methoxy groups -OCH3 is 1. The number of piperidine rings is 2. The first-order valence-electron chi connectivity index (χ1n) is 10.3. The topological polar surface area (TPSA) is 120 Å². The van der Waals surface area contributed by atoms with Gasteiger partial charge in [-0.3, -0.25) is 14.4 Å². The number of pyridine rings is 1. The first-order chi connectivity index (χ1) is 14.4. The van der Waals surface area contributed by atoms with Crippen LogP contribution in [-0.2, 0) is 22.4 Å². The highest BCUT2D eigenvalue weighted by atomic mass is 16.5. The molecule has 0 saturated carbocycles. The van der Waals surface area contributed by atoms with Crippen LogP contribution < -0.4 is 4.74 Å². The largest absolute Gasteiger partial charge is 0.483 e. The van der Waals surface area contributed by atoms with Crippen molar-refractivity contribution in [3.8, 4) is 5.88 Å². The van der Waals surface area contributed by atoms with E-state index in [0.29, 0.717) is 37.4 Å². The summed E-state index contributed by atoms with van der Waals surface area (Å²) in [5, 5.41) is 16.8. The maximum Gasteiger partial charge on any atom is 0.311 e. The summed E-state index contributed by atoms with van der Waals surface area (Å²) in [6.45, 7) is 1.50. The van der Waals surface area contributed by atoms with E-state index in [1.165, 1.54) is 0 Å². The number of ether oxygens (including phenoxy) is 1. The van der Waals surface area contributed by atoms with E-state index >= 15 is 0 Å². The van der Waals surface area contributed by atoms with Gasteiger partial charge in [-0.2, -0.15) is 0 Å². The summed E-state index contributed by atoms with van der Waals surface area (Å²) in [6.07, 6.45) is 4.99. The van der Waals surface area contributed by atoms with Crippen molar-refractivity contribution in [1.82, 2.24) is 14.8 Å². The molecule has 3 heterocycles. The third-order valence-electron chi connectivity index (χ3n) is 6.68. The molecule has 1 aromatic rings. The molecule has 1 amide bonds. The Balaban J connectivity index is 0.000000806. The van der Waals surface area contributed by atoms with Crippen LogP contribution in [0.15, 0.2) is 6.07 Å². The Morgan fingerprint density at radius 1 is 1.27 bits per heavy atom. The van der Waals surface area contributed by atoms with E-state index in [-0.39, 0.29) is 18.4 Å². The number of carboxylic acids is 1. The zero-order valence-electron chi connectivity index (χ0n) is 17.5. The maximum atomic E-state index is 13.3. The Bertz CT molecular complexity index is 829. The molecule has 0 unspecified atom stereocenters. The number of fused-ring (bicyclic) bond motifs is 2. The number of carbonyl (C=O) groups excluding carboxylic acids is 1. The summed E-state index contributed by atoms with van der Waals surface area (Å²) in [4.78, 5) is 42.2. The highest BCUT2D eigenvalue weighted by Gasteiger charge is 2.53. The number of carbonyl (C=O) groups is 3. The molecule has 2 atom stereocenters. The van der Waals surface area contributed by atoms with Crippen molar-refractivity contribution in [3.05, 3.63) is 22.9 Å². The van der Waals surface area contributed by atoms with E-state index < -0.39 is 11.4 Å². The second-order valence-corrected chi connectivity index (χ2v) is 8.17. The highest BCUT2D eigenvalue weighted by molar-refractivity contribution is 5.97. The van der Waals surface area contributed by atoms with Gasteiger partial charge in [-0.15, -0.1) is 0 Å². The molecule has 3 aliphatic rings. The van der Waals surface area contributed by atoms with Gasteiger partial charge in [-0.05, 0) is 63.7 Å².